The number of hydrogen-bond acceptors (Lipinski definition) is 6. The number of benzene rings is 1. The molecule has 0 amide bonds. The highest BCUT2D eigenvalue weighted by molar-refractivity contribution is 5.54. The van der Waals surface area contributed by atoms with Gasteiger partial charge in [0.2, 0.25) is 5.95 Å². The van der Waals surface area contributed by atoms with Gasteiger partial charge in [0, 0.05) is 12.6 Å². The van der Waals surface area contributed by atoms with E-state index in [2.05, 4.69) is 40.5 Å². The predicted octanol–water partition coefficient (Wildman–Crippen LogP) is 3.49. The molecule has 7 heteroatoms. The first-order valence-corrected chi connectivity index (χ1v) is 9.57. The molecule has 0 radical (unpaired) electrons. The summed E-state index contributed by atoms with van der Waals surface area (Å²) in [5.41, 5.74) is 1.24. The van der Waals surface area contributed by atoms with Crippen LogP contribution in [0.1, 0.15) is 44.2 Å². The summed E-state index contributed by atoms with van der Waals surface area (Å²) in [5, 5.41) is 26.0. The van der Waals surface area contributed by atoms with Crippen molar-refractivity contribution in [2.24, 2.45) is 5.41 Å². The summed E-state index contributed by atoms with van der Waals surface area (Å²) in [6.45, 7) is 4.71. The summed E-state index contributed by atoms with van der Waals surface area (Å²) >= 11 is 0. The molecule has 3 rings (SSSR count). The van der Waals surface area contributed by atoms with E-state index in [-0.39, 0.29) is 23.4 Å². The van der Waals surface area contributed by atoms with Crippen LogP contribution in [0.3, 0.4) is 0 Å². The third kappa shape index (κ3) is 4.96. The van der Waals surface area contributed by atoms with Crippen LogP contribution in [0, 0.1) is 22.6 Å². The summed E-state index contributed by atoms with van der Waals surface area (Å²) < 4.78 is 13.0. The van der Waals surface area contributed by atoms with E-state index >= 15 is 0 Å². The highest BCUT2D eigenvalue weighted by Gasteiger charge is 2.35. The van der Waals surface area contributed by atoms with E-state index in [0.29, 0.717) is 30.3 Å². The van der Waals surface area contributed by atoms with E-state index in [4.69, 9.17) is 0 Å². The molecule has 1 aliphatic rings. The molecule has 1 fully saturated rings. The van der Waals surface area contributed by atoms with Crippen LogP contribution in [0.2, 0.25) is 0 Å². The largest absolute Gasteiger partial charge is 0.393 e. The van der Waals surface area contributed by atoms with Crippen LogP contribution in [-0.2, 0) is 6.42 Å². The van der Waals surface area contributed by atoms with Crippen molar-refractivity contribution in [1.29, 1.82) is 5.26 Å². The third-order valence-corrected chi connectivity index (χ3v) is 5.32. The van der Waals surface area contributed by atoms with E-state index in [1.165, 1.54) is 18.3 Å². The van der Waals surface area contributed by atoms with E-state index in [0.717, 1.165) is 24.8 Å². The molecule has 1 heterocycles. The fourth-order valence-corrected chi connectivity index (χ4v) is 3.57. The zero-order valence-corrected chi connectivity index (χ0v) is 16.2. The van der Waals surface area contributed by atoms with Crippen LogP contribution >= 0.6 is 0 Å². The van der Waals surface area contributed by atoms with Crippen LogP contribution in [0.25, 0.3) is 0 Å². The first-order valence-electron chi connectivity index (χ1n) is 9.57. The average molecular weight is 383 g/mol. The van der Waals surface area contributed by atoms with Gasteiger partial charge in [0.25, 0.3) is 0 Å². The van der Waals surface area contributed by atoms with Gasteiger partial charge in [0.1, 0.15) is 23.3 Å². The molecule has 1 aromatic carbocycles. The van der Waals surface area contributed by atoms with Crippen LogP contribution < -0.4 is 10.6 Å². The highest BCUT2D eigenvalue weighted by Crippen LogP contribution is 2.36. The number of anilines is 2. The van der Waals surface area contributed by atoms with Crippen LogP contribution in [0.15, 0.2) is 30.5 Å². The zero-order chi connectivity index (χ0) is 20.1. The second-order valence-electron chi connectivity index (χ2n) is 8.00. The van der Waals surface area contributed by atoms with Gasteiger partial charge in [-0.2, -0.15) is 10.2 Å². The lowest BCUT2D eigenvalue weighted by Gasteiger charge is -2.40. The Bertz CT molecular complexity index is 847. The fraction of sp³-hybridized carbons (Fsp3) is 0.476. The van der Waals surface area contributed by atoms with Crippen molar-refractivity contribution in [2.45, 2.75) is 51.7 Å². The molecule has 3 N–H and O–H groups in total. The standard InChI is InChI=1S/C21H26FN5O/c1-21(2)11-17(7-8-18(21)28)26-19-15(12-23)13-25-20(27-19)24-10-9-14-3-5-16(22)6-4-14/h3-6,13,17-18,28H,7-11H2,1-2H3,(H2,24,25,26,27)/t17-,18+/m1/s1. The normalized spacial score (nSPS) is 21.0. The van der Waals surface area contributed by atoms with Crippen molar-refractivity contribution in [2.75, 3.05) is 17.2 Å². The third-order valence-electron chi connectivity index (χ3n) is 5.32. The molecule has 1 aromatic heterocycles. The average Bonchev–Trinajstić information content (AvgIpc) is 2.66. The number of rotatable bonds is 6. The number of nitriles is 1. The number of aliphatic hydroxyl groups excluding tert-OH is 1. The quantitative estimate of drug-likeness (QED) is 0.707. The van der Waals surface area contributed by atoms with E-state index in [1.807, 2.05) is 0 Å². The Balaban J connectivity index is 1.63. The van der Waals surface area contributed by atoms with Crippen LogP contribution in [-0.4, -0.2) is 33.8 Å². The molecule has 2 aromatic rings. The number of aromatic nitrogens is 2. The molecule has 0 spiro atoms. The monoisotopic (exact) mass is 383 g/mol. The Hall–Kier alpha value is -2.72. The molecule has 1 saturated carbocycles. The van der Waals surface area contributed by atoms with E-state index in [1.54, 1.807) is 12.1 Å². The SMILES string of the molecule is CC1(C)C[C@H](Nc2nc(NCCc3ccc(F)cc3)ncc2C#N)CC[C@@H]1O. The molecular formula is C21H26FN5O. The van der Waals surface area contributed by atoms with Crippen molar-refractivity contribution < 1.29 is 9.50 Å². The van der Waals surface area contributed by atoms with Gasteiger partial charge in [-0.1, -0.05) is 26.0 Å². The first kappa shape index (κ1) is 20.0. The zero-order valence-electron chi connectivity index (χ0n) is 16.2. The Labute approximate surface area is 164 Å². The van der Waals surface area contributed by atoms with Crippen molar-refractivity contribution >= 4 is 11.8 Å². The minimum Gasteiger partial charge on any atom is -0.393 e. The first-order chi connectivity index (χ1) is 13.4. The Morgan fingerprint density at radius 2 is 2.04 bits per heavy atom. The molecule has 0 saturated heterocycles. The minimum atomic E-state index is -0.310. The minimum absolute atomic E-state index is 0.146. The molecule has 1 aliphatic carbocycles. The summed E-state index contributed by atoms with van der Waals surface area (Å²) in [6.07, 6.45) is 4.26. The molecule has 2 atom stereocenters. The van der Waals surface area contributed by atoms with Gasteiger partial charge >= 0.3 is 0 Å². The van der Waals surface area contributed by atoms with E-state index < -0.39 is 0 Å². The second kappa shape index (κ2) is 8.53. The molecular weight excluding hydrogens is 357 g/mol. The maximum Gasteiger partial charge on any atom is 0.224 e. The summed E-state index contributed by atoms with van der Waals surface area (Å²) in [5.74, 6) is 0.707. The van der Waals surface area contributed by atoms with Crippen molar-refractivity contribution in [3.8, 4) is 6.07 Å². The van der Waals surface area contributed by atoms with Crippen LogP contribution in [0.4, 0.5) is 16.2 Å². The van der Waals surface area contributed by atoms with Crippen molar-refractivity contribution in [1.82, 2.24) is 9.97 Å². The maximum absolute atomic E-state index is 13.0. The van der Waals surface area contributed by atoms with Gasteiger partial charge in [0.05, 0.1) is 12.3 Å². The van der Waals surface area contributed by atoms with Crippen LogP contribution in [0.5, 0.6) is 0 Å². The predicted molar refractivity (Wildman–Crippen MR) is 106 cm³/mol. The highest BCUT2D eigenvalue weighted by atomic mass is 19.1. The molecule has 0 bridgehead atoms. The topological polar surface area (TPSA) is 93.9 Å². The van der Waals surface area contributed by atoms with Gasteiger partial charge < -0.3 is 15.7 Å². The fourth-order valence-electron chi connectivity index (χ4n) is 3.57. The lowest BCUT2D eigenvalue weighted by molar-refractivity contribution is 0.00926. The number of halogens is 1. The van der Waals surface area contributed by atoms with E-state index in [9.17, 15) is 14.8 Å². The smallest absolute Gasteiger partial charge is 0.224 e. The Morgan fingerprint density at radius 1 is 1.29 bits per heavy atom. The second-order valence-corrected chi connectivity index (χ2v) is 8.00. The van der Waals surface area contributed by atoms with Gasteiger partial charge in [0.15, 0.2) is 0 Å². The van der Waals surface area contributed by atoms with Gasteiger partial charge in [-0.25, -0.2) is 9.37 Å². The Morgan fingerprint density at radius 3 is 2.71 bits per heavy atom. The molecule has 6 nitrogen and oxygen atoms in total. The van der Waals surface area contributed by atoms with Crippen molar-refractivity contribution in [3.05, 3.63) is 47.4 Å². The molecule has 148 valence electrons. The number of hydrogen-bond donors (Lipinski definition) is 3. The summed E-state index contributed by atoms with van der Waals surface area (Å²) in [6, 6.07) is 8.67. The Kier molecular flexibility index (Phi) is 6.10. The lowest BCUT2D eigenvalue weighted by Crippen LogP contribution is -2.41. The maximum atomic E-state index is 13.0. The number of nitrogens with zero attached hydrogens (tertiary/aromatic N) is 3. The van der Waals surface area contributed by atoms with Gasteiger partial charge in [-0.15, -0.1) is 0 Å². The molecule has 0 aliphatic heterocycles. The lowest BCUT2D eigenvalue weighted by atomic mass is 9.73. The molecule has 28 heavy (non-hydrogen) atoms. The number of aliphatic hydroxyl groups is 1. The van der Waals surface area contributed by atoms with Gasteiger partial charge in [-0.3, -0.25) is 0 Å². The number of nitrogens with one attached hydrogen (secondary N) is 2. The molecule has 0 unspecified atom stereocenters. The van der Waals surface area contributed by atoms with Crippen molar-refractivity contribution in [3.63, 3.8) is 0 Å². The van der Waals surface area contributed by atoms with Gasteiger partial charge in [-0.05, 0) is 48.8 Å². The summed E-state index contributed by atoms with van der Waals surface area (Å²) in [7, 11) is 0. The summed E-state index contributed by atoms with van der Waals surface area (Å²) in [4.78, 5) is 8.68.